The van der Waals surface area contributed by atoms with Crippen LogP contribution in [0.1, 0.15) is 120 Å². The summed E-state index contributed by atoms with van der Waals surface area (Å²) in [5.41, 5.74) is 1.70. The highest BCUT2D eigenvalue weighted by Crippen LogP contribution is 2.50. The van der Waals surface area contributed by atoms with Crippen molar-refractivity contribution in [2.45, 2.75) is 91.1 Å². The molecule has 4 amide bonds. The second-order valence-electron chi connectivity index (χ2n) is 13.0. The monoisotopic (exact) mass is 654 g/mol. The van der Waals surface area contributed by atoms with Crippen LogP contribution in [0, 0.1) is 0 Å². The number of benzene rings is 5. The van der Waals surface area contributed by atoms with E-state index in [9.17, 15) is 19.2 Å². The Morgan fingerprint density at radius 2 is 0.913 bits per heavy atom. The van der Waals surface area contributed by atoms with E-state index >= 15 is 0 Å². The van der Waals surface area contributed by atoms with Crippen LogP contribution >= 0.6 is 23.2 Å². The van der Waals surface area contributed by atoms with E-state index in [1.807, 2.05) is 26.0 Å². The molecular formula is C38H36Cl2N2O4. The molecule has 2 aliphatic rings. The van der Waals surface area contributed by atoms with E-state index in [0.717, 1.165) is 61.1 Å². The number of hydrogen-bond acceptors (Lipinski definition) is 4. The van der Waals surface area contributed by atoms with Gasteiger partial charge in [-0.15, -0.1) is 0 Å². The zero-order chi connectivity index (χ0) is 32.6. The first kappa shape index (κ1) is 30.9. The molecular weight excluding hydrogens is 619 g/mol. The van der Waals surface area contributed by atoms with Gasteiger partial charge in [0.1, 0.15) is 0 Å². The highest BCUT2D eigenvalue weighted by Gasteiger charge is 2.40. The standard InChI is InChI=1S/C38H36Cl2N2O4/c1-5-7-9-11-19(3)41-35(43)23-15-13-21-29-22(14-16-24(30(23)29)36(41)44)33-28(40)18-26-31-25(17-27(39)32(21)34(31)33)37(45)42(38(26)46)20(4)12-10-8-6-2/h13-20H,5-12H2,1-4H3. The predicted molar refractivity (Wildman–Crippen MR) is 186 cm³/mol. The molecule has 0 aliphatic carbocycles. The summed E-state index contributed by atoms with van der Waals surface area (Å²) in [4.78, 5) is 58.6. The van der Waals surface area contributed by atoms with E-state index < -0.39 is 0 Å². The first-order chi connectivity index (χ1) is 22.1. The number of imide groups is 2. The lowest BCUT2D eigenvalue weighted by molar-refractivity contribution is 0.0526. The topological polar surface area (TPSA) is 74.8 Å². The van der Waals surface area contributed by atoms with E-state index in [1.54, 1.807) is 24.3 Å². The Kier molecular flexibility index (Phi) is 7.72. The number of rotatable bonds is 10. The Labute approximate surface area is 277 Å². The number of fused-ring (bicyclic) bond motifs is 2. The third-order valence-corrected chi connectivity index (χ3v) is 10.7. The molecule has 0 spiro atoms. The van der Waals surface area contributed by atoms with Crippen molar-refractivity contribution in [3.05, 3.63) is 68.7 Å². The molecule has 0 fully saturated rings. The molecule has 7 rings (SSSR count). The van der Waals surface area contributed by atoms with Crippen molar-refractivity contribution in [1.82, 2.24) is 9.80 Å². The molecule has 0 bridgehead atoms. The van der Waals surface area contributed by atoms with Crippen LogP contribution in [0.15, 0.2) is 36.4 Å². The summed E-state index contributed by atoms with van der Waals surface area (Å²) < 4.78 is 0. The van der Waals surface area contributed by atoms with Crippen molar-refractivity contribution in [1.29, 1.82) is 0 Å². The Bertz CT molecular complexity index is 2010. The Morgan fingerprint density at radius 3 is 1.33 bits per heavy atom. The molecule has 2 unspecified atom stereocenters. The molecule has 5 aromatic carbocycles. The van der Waals surface area contributed by atoms with Crippen LogP contribution < -0.4 is 0 Å². The van der Waals surface area contributed by atoms with Crippen molar-refractivity contribution in [3.8, 4) is 0 Å². The molecule has 0 radical (unpaired) electrons. The fourth-order valence-electron chi connectivity index (χ4n) is 7.84. The number of halogens is 2. The van der Waals surface area contributed by atoms with Crippen LogP contribution in [0.25, 0.3) is 43.1 Å². The lowest BCUT2D eigenvalue weighted by Gasteiger charge is -2.34. The van der Waals surface area contributed by atoms with Crippen molar-refractivity contribution in [2.24, 2.45) is 0 Å². The first-order valence-electron chi connectivity index (χ1n) is 16.5. The maximum absolute atomic E-state index is 14.0. The van der Waals surface area contributed by atoms with Crippen molar-refractivity contribution in [3.63, 3.8) is 0 Å². The largest absolute Gasteiger partial charge is 0.272 e. The average molecular weight is 656 g/mol. The maximum Gasteiger partial charge on any atom is 0.261 e. The van der Waals surface area contributed by atoms with Gasteiger partial charge in [-0.1, -0.05) is 87.7 Å². The molecule has 0 N–H and O–H groups in total. The van der Waals surface area contributed by atoms with Gasteiger partial charge in [-0.05, 0) is 67.1 Å². The number of unbranched alkanes of at least 4 members (excludes halogenated alkanes) is 4. The Balaban J connectivity index is 1.47. The van der Waals surface area contributed by atoms with Crippen LogP contribution in [0.2, 0.25) is 10.0 Å². The molecule has 236 valence electrons. The fourth-order valence-corrected chi connectivity index (χ4v) is 8.46. The number of nitrogens with zero attached hydrogens (tertiary/aromatic N) is 2. The van der Waals surface area contributed by atoms with Crippen molar-refractivity contribution in [2.75, 3.05) is 0 Å². The van der Waals surface area contributed by atoms with Gasteiger partial charge in [-0.25, -0.2) is 0 Å². The van der Waals surface area contributed by atoms with Crippen molar-refractivity contribution < 1.29 is 19.2 Å². The normalized spacial score (nSPS) is 16.2. The van der Waals surface area contributed by atoms with Crippen LogP contribution in [0.3, 0.4) is 0 Å². The summed E-state index contributed by atoms with van der Waals surface area (Å²) in [5.74, 6) is -1.32. The minimum atomic E-state index is -0.358. The third-order valence-electron chi connectivity index (χ3n) is 10.1. The molecule has 2 atom stereocenters. The van der Waals surface area contributed by atoms with Gasteiger partial charge in [0.05, 0.1) is 11.1 Å². The van der Waals surface area contributed by atoms with Crippen LogP contribution in [0.5, 0.6) is 0 Å². The van der Waals surface area contributed by atoms with Gasteiger partial charge in [-0.3, -0.25) is 29.0 Å². The van der Waals surface area contributed by atoms with Gasteiger partial charge >= 0.3 is 0 Å². The molecule has 2 heterocycles. The van der Waals surface area contributed by atoms with Crippen molar-refractivity contribution >= 4 is 89.9 Å². The van der Waals surface area contributed by atoms with Crippen LogP contribution in [-0.2, 0) is 0 Å². The summed E-state index contributed by atoms with van der Waals surface area (Å²) in [6, 6.07) is 10.1. The maximum atomic E-state index is 14.0. The number of carbonyl (C=O) groups is 4. The van der Waals surface area contributed by atoms with Gasteiger partial charge in [-0.2, -0.15) is 0 Å². The summed E-state index contributed by atoms with van der Waals surface area (Å²) >= 11 is 14.1. The highest BCUT2D eigenvalue weighted by molar-refractivity contribution is 6.51. The molecule has 0 saturated carbocycles. The summed E-state index contributed by atoms with van der Waals surface area (Å²) in [7, 11) is 0. The van der Waals surface area contributed by atoms with E-state index in [2.05, 4.69) is 13.8 Å². The average Bonchev–Trinajstić information content (AvgIpc) is 3.03. The van der Waals surface area contributed by atoms with E-state index in [1.165, 1.54) is 9.80 Å². The minimum Gasteiger partial charge on any atom is -0.272 e. The molecule has 0 aromatic heterocycles. The van der Waals surface area contributed by atoms with Gasteiger partial charge in [0.2, 0.25) is 0 Å². The summed E-state index contributed by atoms with van der Waals surface area (Å²) in [6.45, 7) is 8.09. The molecule has 8 heteroatoms. The Morgan fingerprint density at radius 1 is 0.522 bits per heavy atom. The molecule has 6 nitrogen and oxygen atoms in total. The molecule has 46 heavy (non-hydrogen) atoms. The first-order valence-corrected chi connectivity index (χ1v) is 17.2. The van der Waals surface area contributed by atoms with Crippen LogP contribution in [0.4, 0.5) is 0 Å². The fraction of sp³-hybridized carbons (Fsp3) is 0.368. The summed E-state index contributed by atoms with van der Waals surface area (Å²) in [5, 5.41) is 6.01. The van der Waals surface area contributed by atoms with E-state index in [4.69, 9.17) is 23.2 Å². The molecule has 0 saturated heterocycles. The Hall–Kier alpha value is -3.74. The minimum absolute atomic E-state index is 0.230. The number of amides is 4. The van der Waals surface area contributed by atoms with Gasteiger partial charge in [0.15, 0.2) is 0 Å². The van der Waals surface area contributed by atoms with Gasteiger partial charge in [0, 0.05) is 60.2 Å². The van der Waals surface area contributed by atoms with Gasteiger partial charge < -0.3 is 0 Å². The predicted octanol–water partition coefficient (Wildman–Crippen LogP) is 10.2. The quantitative estimate of drug-likeness (QED) is 0.0650. The second-order valence-corrected chi connectivity index (χ2v) is 13.8. The van der Waals surface area contributed by atoms with E-state index in [-0.39, 0.29) is 35.7 Å². The lowest BCUT2D eigenvalue weighted by Crippen LogP contribution is -2.46. The SMILES string of the molecule is CCCCCC(C)N1C(=O)c2ccc3c4c(Cl)cc5c6c(cc(Cl)c(c7ccc(c2c37)C1=O)c64)C(=O)N(C(C)CCCCC)C5=O. The zero-order valence-corrected chi connectivity index (χ0v) is 28.1. The molecule has 5 aromatic rings. The van der Waals surface area contributed by atoms with E-state index in [0.29, 0.717) is 65.7 Å². The highest BCUT2D eigenvalue weighted by atomic mass is 35.5. The number of hydrogen-bond donors (Lipinski definition) is 0. The molecule has 2 aliphatic heterocycles. The lowest BCUT2D eigenvalue weighted by atomic mass is 9.81. The number of carbonyl (C=O) groups excluding carboxylic acids is 4. The zero-order valence-electron chi connectivity index (χ0n) is 26.6. The summed E-state index contributed by atoms with van der Waals surface area (Å²) in [6.07, 6.45) is 7.50. The smallest absolute Gasteiger partial charge is 0.261 e. The second kappa shape index (κ2) is 11.5. The van der Waals surface area contributed by atoms with Crippen LogP contribution in [-0.4, -0.2) is 45.5 Å². The van der Waals surface area contributed by atoms with Gasteiger partial charge in [0.25, 0.3) is 23.6 Å². The third kappa shape index (κ3) is 4.29.